The van der Waals surface area contributed by atoms with Gasteiger partial charge in [0.05, 0.1) is 26.0 Å². The number of ether oxygens (including phenoxy) is 2. The summed E-state index contributed by atoms with van der Waals surface area (Å²) in [6.07, 6.45) is 1.01. The molecule has 110 valence electrons. The molecule has 0 aliphatic carbocycles. The molecule has 0 saturated heterocycles. The van der Waals surface area contributed by atoms with E-state index in [0.29, 0.717) is 22.7 Å². The Kier molecular flexibility index (Phi) is 4.22. The lowest BCUT2D eigenvalue weighted by atomic mass is 10.2. The third-order valence-electron chi connectivity index (χ3n) is 2.66. The Balaban J connectivity index is 2.41. The second kappa shape index (κ2) is 6.08. The molecule has 21 heavy (non-hydrogen) atoms. The van der Waals surface area contributed by atoms with Gasteiger partial charge in [0.25, 0.3) is 0 Å². The van der Waals surface area contributed by atoms with Crippen molar-refractivity contribution < 1.29 is 23.5 Å². The first-order valence-corrected chi connectivity index (χ1v) is 6.06. The second-order valence-corrected chi connectivity index (χ2v) is 4.08. The lowest BCUT2D eigenvalue weighted by Crippen LogP contribution is -2.15. The van der Waals surface area contributed by atoms with Gasteiger partial charge in [-0.3, -0.25) is 0 Å². The molecule has 0 amide bonds. The highest BCUT2D eigenvalue weighted by Gasteiger charge is 2.15. The molecule has 2 aromatic rings. The highest BCUT2D eigenvalue weighted by molar-refractivity contribution is 6.00. The minimum atomic E-state index is -0.697. The van der Waals surface area contributed by atoms with Crippen LogP contribution in [0.15, 0.2) is 34.4 Å². The maximum atomic E-state index is 11.7. The Morgan fingerprint density at radius 3 is 2.71 bits per heavy atom. The number of methoxy groups -OCH3 is 2. The number of anilines is 1. The number of nitrogens with zero attached hydrogens (tertiary/aromatic N) is 1. The summed E-state index contributed by atoms with van der Waals surface area (Å²) < 4.78 is 14.5. The van der Waals surface area contributed by atoms with Crippen LogP contribution in [0.25, 0.3) is 11.1 Å². The van der Waals surface area contributed by atoms with E-state index < -0.39 is 11.9 Å². The Morgan fingerprint density at radius 2 is 2.05 bits per heavy atom. The molecule has 0 aliphatic rings. The zero-order chi connectivity index (χ0) is 15.4. The maximum absolute atomic E-state index is 11.7. The van der Waals surface area contributed by atoms with E-state index in [1.54, 1.807) is 25.1 Å². The fraction of sp³-hybridized carbons (Fsp3) is 0.214. The minimum absolute atomic E-state index is 0.0579. The number of nitrogens with one attached hydrogen (secondary N) is 1. The van der Waals surface area contributed by atoms with Crippen molar-refractivity contribution in [1.82, 2.24) is 4.98 Å². The van der Waals surface area contributed by atoms with Gasteiger partial charge < -0.3 is 19.2 Å². The molecular formula is C14H14N2O5. The van der Waals surface area contributed by atoms with Crippen molar-refractivity contribution in [3.63, 3.8) is 0 Å². The van der Waals surface area contributed by atoms with E-state index in [-0.39, 0.29) is 5.70 Å². The van der Waals surface area contributed by atoms with Crippen molar-refractivity contribution in [2.75, 3.05) is 19.5 Å². The summed E-state index contributed by atoms with van der Waals surface area (Å²) in [7, 11) is 2.44. The molecular weight excluding hydrogens is 276 g/mol. The van der Waals surface area contributed by atoms with Gasteiger partial charge in [0.1, 0.15) is 11.2 Å². The Bertz CT molecular complexity index is 717. The molecule has 1 N–H and O–H groups in total. The minimum Gasteiger partial charge on any atom is -0.466 e. The first-order valence-electron chi connectivity index (χ1n) is 6.06. The fourth-order valence-corrected chi connectivity index (χ4v) is 1.74. The predicted molar refractivity (Wildman–Crippen MR) is 74.5 cm³/mol. The van der Waals surface area contributed by atoms with E-state index in [4.69, 9.17) is 4.42 Å². The number of carbonyl (C=O) groups excluding carboxylic acids is 2. The molecule has 0 radical (unpaired) electrons. The molecule has 0 atom stereocenters. The first kappa shape index (κ1) is 14.6. The van der Waals surface area contributed by atoms with Gasteiger partial charge in [0.15, 0.2) is 11.5 Å². The zero-order valence-electron chi connectivity index (χ0n) is 11.8. The molecule has 1 aromatic heterocycles. The topological polar surface area (TPSA) is 90.7 Å². The lowest BCUT2D eigenvalue weighted by molar-refractivity contribution is -0.138. The van der Waals surface area contributed by atoms with Crippen LogP contribution < -0.4 is 5.32 Å². The van der Waals surface area contributed by atoms with Gasteiger partial charge in [-0.05, 0) is 12.1 Å². The summed E-state index contributed by atoms with van der Waals surface area (Å²) in [6, 6.07) is 5.20. The van der Waals surface area contributed by atoms with E-state index in [9.17, 15) is 9.59 Å². The molecule has 2 rings (SSSR count). The summed E-state index contributed by atoms with van der Waals surface area (Å²) in [5.74, 6) is -0.875. The second-order valence-electron chi connectivity index (χ2n) is 4.08. The normalized spacial score (nSPS) is 11.3. The standard InChI is InChI=1S/C14H14N2O5/c1-8-15-13-9(5-4-6-11(13)21-8)16-10(14(18)20-3)7-12(17)19-2/h4-7,16H,1-3H3/b10-7+. The van der Waals surface area contributed by atoms with Crippen molar-refractivity contribution in [2.24, 2.45) is 0 Å². The molecule has 0 saturated carbocycles. The van der Waals surface area contributed by atoms with Crippen molar-refractivity contribution >= 4 is 28.7 Å². The molecule has 0 aliphatic heterocycles. The third kappa shape index (κ3) is 3.19. The average Bonchev–Trinajstić information content (AvgIpc) is 2.86. The van der Waals surface area contributed by atoms with Crippen LogP contribution in [-0.2, 0) is 19.1 Å². The smallest absolute Gasteiger partial charge is 0.354 e. The van der Waals surface area contributed by atoms with Crippen LogP contribution in [0.5, 0.6) is 0 Å². The van der Waals surface area contributed by atoms with Crippen molar-refractivity contribution in [1.29, 1.82) is 0 Å². The van der Waals surface area contributed by atoms with E-state index in [1.165, 1.54) is 14.2 Å². The average molecular weight is 290 g/mol. The van der Waals surface area contributed by atoms with Gasteiger partial charge in [0.2, 0.25) is 0 Å². The monoisotopic (exact) mass is 290 g/mol. The van der Waals surface area contributed by atoms with Gasteiger partial charge in [-0.2, -0.15) is 0 Å². The number of para-hydroxylation sites is 1. The molecule has 0 unspecified atom stereocenters. The van der Waals surface area contributed by atoms with Gasteiger partial charge in [-0.25, -0.2) is 14.6 Å². The molecule has 1 aromatic carbocycles. The number of carbonyl (C=O) groups is 2. The molecule has 1 heterocycles. The Labute approximate surface area is 120 Å². The fourth-order valence-electron chi connectivity index (χ4n) is 1.74. The first-order chi connectivity index (χ1) is 10.0. The summed E-state index contributed by atoms with van der Waals surface area (Å²) in [5.41, 5.74) is 1.58. The van der Waals surface area contributed by atoms with Crippen LogP contribution >= 0.6 is 0 Å². The van der Waals surface area contributed by atoms with E-state index in [2.05, 4.69) is 19.8 Å². The van der Waals surface area contributed by atoms with Gasteiger partial charge >= 0.3 is 11.9 Å². The van der Waals surface area contributed by atoms with Crippen molar-refractivity contribution in [2.45, 2.75) is 6.92 Å². The number of hydrogen-bond donors (Lipinski definition) is 1. The van der Waals surface area contributed by atoms with E-state index >= 15 is 0 Å². The van der Waals surface area contributed by atoms with E-state index in [1.807, 2.05) is 0 Å². The number of rotatable bonds is 4. The Morgan fingerprint density at radius 1 is 1.29 bits per heavy atom. The lowest BCUT2D eigenvalue weighted by Gasteiger charge is -2.09. The van der Waals surface area contributed by atoms with Crippen LogP contribution in [0.1, 0.15) is 5.89 Å². The Hall–Kier alpha value is -2.83. The number of fused-ring (bicyclic) bond motifs is 1. The number of benzene rings is 1. The molecule has 7 nitrogen and oxygen atoms in total. The summed E-state index contributed by atoms with van der Waals surface area (Å²) in [6.45, 7) is 1.72. The van der Waals surface area contributed by atoms with Crippen LogP contribution in [-0.4, -0.2) is 31.1 Å². The molecule has 0 fully saturated rings. The predicted octanol–water partition coefficient (Wildman–Crippen LogP) is 1.78. The largest absolute Gasteiger partial charge is 0.466 e. The quantitative estimate of drug-likeness (QED) is 0.678. The molecule has 0 bridgehead atoms. The van der Waals surface area contributed by atoms with Gasteiger partial charge in [-0.15, -0.1) is 0 Å². The maximum Gasteiger partial charge on any atom is 0.354 e. The highest BCUT2D eigenvalue weighted by Crippen LogP contribution is 2.24. The number of aryl methyl sites for hydroxylation is 1. The van der Waals surface area contributed by atoms with Crippen LogP contribution in [0, 0.1) is 6.92 Å². The van der Waals surface area contributed by atoms with Gasteiger partial charge in [0, 0.05) is 6.92 Å². The highest BCUT2D eigenvalue weighted by atomic mass is 16.5. The number of aromatic nitrogens is 1. The molecule has 0 spiro atoms. The number of hydrogen-bond acceptors (Lipinski definition) is 7. The van der Waals surface area contributed by atoms with Crippen molar-refractivity contribution in [3.05, 3.63) is 35.9 Å². The SMILES string of the molecule is COC(=O)/C=C(/Nc1cccc2oc(C)nc12)C(=O)OC. The van der Waals surface area contributed by atoms with Crippen LogP contribution in [0.2, 0.25) is 0 Å². The summed E-state index contributed by atoms with van der Waals surface area (Å²) in [4.78, 5) is 27.3. The van der Waals surface area contributed by atoms with Gasteiger partial charge in [-0.1, -0.05) is 6.07 Å². The zero-order valence-corrected chi connectivity index (χ0v) is 11.8. The van der Waals surface area contributed by atoms with Crippen molar-refractivity contribution in [3.8, 4) is 0 Å². The van der Waals surface area contributed by atoms with Crippen LogP contribution in [0.4, 0.5) is 5.69 Å². The third-order valence-corrected chi connectivity index (χ3v) is 2.66. The summed E-state index contributed by atoms with van der Waals surface area (Å²) in [5, 5.41) is 2.81. The van der Waals surface area contributed by atoms with E-state index in [0.717, 1.165) is 6.08 Å². The summed E-state index contributed by atoms with van der Waals surface area (Å²) >= 11 is 0. The number of esters is 2. The number of oxazole rings is 1. The molecule has 7 heteroatoms. The van der Waals surface area contributed by atoms with Crippen LogP contribution in [0.3, 0.4) is 0 Å².